The maximum atomic E-state index is 12.4. The third-order valence-corrected chi connectivity index (χ3v) is 9.94. The maximum absolute atomic E-state index is 12.4. The van der Waals surface area contributed by atoms with Gasteiger partial charge in [0.15, 0.2) is 0 Å². The molecular formula is C44H85NO3. The smallest absolute Gasteiger partial charge is 0.220 e. The van der Waals surface area contributed by atoms with Gasteiger partial charge in [-0.1, -0.05) is 218 Å². The van der Waals surface area contributed by atoms with Gasteiger partial charge in [0, 0.05) is 6.42 Å². The van der Waals surface area contributed by atoms with Gasteiger partial charge < -0.3 is 15.5 Å². The number of carbonyl (C=O) groups is 1. The zero-order chi connectivity index (χ0) is 35.0. The summed E-state index contributed by atoms with van der Waals surface area (Å²) in [5.74, 6) is -0.0706. The Morgan fingerprint density at radius 1 is 0.479 bits per heavy atom. The molecule has 3 N–H and O–H groups in total. The minimum atomic E-state index is -0.857. The van der Waals surface area contributed by atoms with Crippen LogP contribution in [0.3, 0.4) is 0 Å². The van der Waals surface area contributed by atoms with Gasteiger partial charge in [0.1, 0.15) is 0 Å². The first-order chi connectivity index (χ1) is 23.7. The lowest BCUT2D eigenvalue weighted by atomic mass is 10.0. The van der Waals surface area contributed by atoms with Gasteiger partial charge in [-0.15, -0.1) is 0 Å². The molecule has 4 heteroatoms. The molecule has 48 heavy (non-hydrogen) atoms. The van der Waals surface area contributed by atoms with E-state index in [0.717, 1.165) is 32.1 Å². The lowest BCUT2D eigenvalue weighted by Gasteiger charge is -2.19. The number of nitrogens with one attached hydrogen (secondary N) is 1. The average molecular weight is 676 g/mol. The van der Waals surface area contributed by atoms with Gasteiger partial charge in [0.25, 0.3) is 0 Å². The van der Waals surface area contributed by atoms with Crippen molar-refractivity contribution in [3.05, 3.63) is 24.3 Å². The first-order valence-corrected chi connectivity index (χ1v) is 21.6. The number of carbonyl (C=O) groups excluding carboxylic acids is 1. The van der Waals surface area contributed by atoms with Crippen molar-refractivity contribution in [1.29, 1.82) is 0 Å². The van der Waals surface area contributed by atoms with Crippen molar-refractivity contribution < 1.29 is 15.0 Å². The molecule has 0 aromatic carbocycles. The Bertz CT molecular complexity index is 691. The fourth-order valence-electron chi connectivity index (χ4n) is 6.61. The number of amides is 1. The summed E-state index contributed by atoms with van der Waals surface area (Å²) in [4.78, 5) is 12.4. The molecule has 0 fully saturated rings. The topological polar surface area (TPSA) is 69.6 Å². The largest absolute Gasteiger partial charge is 0.394 e. The predicted octanol–water partition coefficient (Wildman–Crippen LogP) is 13.2. The fourth-order valence-corrected chi connectivity index (χ4v) is 6.61. The van der Waals surface area contributed by atoms with E-state index >= 15 is 0 Å². The second kappa shape index (κ2) is 40.3. The van der Waals surface area contributed by atoms with E-state index in [2.05, 4.69) is 31.3 Å². The predicted molar refractivity (Wildman–Crippen MR) is 212 cm³/mol. The Morgan fingerprint density at radius 2 is 0.812 bits per heavy atom. The Balaban J connectivity index is 3.56. The van der Waals surface area contributed by atoms with Crippen molar-refractivity contribution in [1.82, 2.24) is 5.32 Å². The molecular weight excluding hydrogens is 590 g/mol. The van der Waals surface area contributed by atoms with E-state index in [1.54, 1.807) is 6.08 Å². The van der Waals surface area contributed by atoms with Crippen LogP contribution >= 0.6 is 0 Å². The number of hydrogen-bond donors (Lipinski definition) is 3. The number of aliphatic hydroxyl groups excluding tert-OH is 2. The summed E-state index contributed by atoms with van der Waals surface area (Å²) in [7, 11) is 0. The minimum Gasteiger partial charge on any atom is -0.394 e. The van der Waals surface area contributed by atoms with Crippen LogP contribution in [0.5, 0.6) is 0 Å². The molecule has 4 nitrogen and oxygen atoms in total. The second-order valence-electron chi connectivity index (χ2n) is 14.8. The molecule has 0 aromatic rings. The molecule has 0 spiro atoms. The van der Waals surface area contributed by atoms with Gasteiger partial charge in [0.2, 0.25) is 5.91 Å². The SMILES string of the molecule is CCCCCCCCCCC/C=C/CC/C=C/C(O)C(CO)NC(=O)CCCCCCCCCCCCCCCCCCCCCCC. The molecule has 0 rings (SSSR count). The summed E-state index contributed by atoms with van der Waals surface area (Å²) in [6.07, 6.45) is 51.4. The van der Waals surface area contributed by atoms with Crippen LogP contribution in [0, 0.1) is 0 Å². The van der Waals surface area contributed by atoms with Gasteiger partial charge in [-0.3, -0.25) is 4.79 Å². The van der Waals surface area contributed by atoms with Crippen LogP contribution in [0.1, 0.15) is 232 Å². The van der Waals surface area contributed by atoms with E-state index in [4.69, 9.17) is 0 Å². The number of hydrogen-bond acceptors (Lipinski definition) is 3. The van der Waals surface area contributed by atoms with Gasteiger partial charge in [0.05, 0.1) is 18.8 Å². The van der Waals surface area contributed by atoms with Gasteiger partial charge in [-0.25, -0.2) is 0 Å². The molecule has 0 saturated heterocycles. The minimum absolute atomic E-state index is 0.0706. The number of allylic oxidation sites excluding steroid dienone is 3. The average Bonchev–Trinajstić information content (AvgIpc) is 3.09. The first kappa shape index (κ1) is 46.9. The first-order valence-electron chi connectivity index (χ1n) is 21.6. The molecule has 0 aliphatic heterocycles. The molecule has 0 saturated carbocycles. The molecule has 0 aromatic heterocycles. The highest BCUT2D eigenvalue weighted by atomic mass is 16.3. The molecule has 0 heterocycles. The van der Waals surface area contributed by atoms with Crippen LogP contribution in [0.4, 0.5) is 0 Å². The van der Waals surface area contributed by atoms with Crippen LogP contribution in [0.15, 0.2) is 24.3 Å². The molecule has 0 aliphatic carbocycles. The third-order valence-electron chi connectivity index (χ3n) is 9.94. The standard InChI is InChI=1S/C44H85NO3/c1-3-5-7-9-11-13-15-17-19-20-21-22-23-24-26-28-30-32-34-36-38-40-44(48)45-42(41-46)43(47)39-37-35-33-31-29-27-25-18-16-14-12-10-8-6-4-2/h29,31,37,39,42-43,46-47H,3-28,30,32-36,38,40-41H2,1-2H3,(H,45,48)/b31-29+,39-37+. The lowest BCUT2D eigenvalue weighted by Crippen LogP contribution is -2.45. The summed E-state index contributed by atoms with van der Waals surface area (Å²) in [5, 5.41) is 23.0. The summed E-state index contributed by atoms with van der Waals surface area (Å²) < 4.78 is 0. The molecule has 1 amide bonds. The number of unbranched alkanes of at least 4 members (excludes halogenated alkanes) is 30. The van der Waals surface area contributed by atoms with Crippen LogP contribution < -0.4 is 5.32 Å². The molecule has 2 atom stereocenters. The van der Waals surface area contributed by atoms with Crippen LogP contribution in [0.2, 0.25) is 0 Å². The van der Waals surface area contributed by atoms with Crippen molar-refractivity contribution in [2.75, 3.05) is 6.61 Å². The van der Waals surface area contributed by atoms with Crippen LogP contribution in [0.25, 0.3) is 0 Å². The zero-order valence-electron chi connectivity index (χ0n) is 32.5. The molecule has 0 bridgehead atoms. The van der Waals surface area contributed by atoms with Crippen molar-refractivity contribution in [2.24, 2.45) is 0 Å². The second-order valence-corrected chi connectivity index (χ2v) is 14.8. The third kappa shape index (κ3) is 36.2. The summed E-state index contributed by atoms with van der Waals surface area (Å²) in [6.45, 7) is 4.30. The highest BCUT2D eigenvalue weighted by Gasteiger charge is 2.17. The Labute approximate surface area is 300 Å². The van der Waals surface area contributed by atoms with E-state index in [0.29, 0.717) is 6.42 Å². The van der Waals surface area contributed by atoms with Crippen molar-refractivity contribution in [3.63, 3.8) is 0 Å². The van der Waals surface area contributed by atoms with Gasteiger partial charge in [-0.2, -0.15) is 0 Å². The highest BCUT2D eigenvalue weighted by Crippen LogP contribution is 2.16. The van der Waals surface area contributed by atoms with E-state index < -0.39 is 12.1 Å². The summed E-state index contributed by atoms with van der Waals surface area (Å²) in [5.41, 5.74) is 0. The van der Waals surface area contributed by atoms with Crippen molar-refractivity contribution in [3.8, 4) is 0 Å². The van der Waals surface area contributed by atoms with E-state index in [-0.39, 0.29) is 12.5 Å². The van der Waals surface area contributed by atoms with E-state index in [1.807, 2.05) is 6.08 Å². The van der Waals surface area contributed by atoms with Gasteiger partial charge >= 0.3 is 0 Å². The normalized spacial score (nSPS) is 13.2. The number of aliphatic hydroxyl groups is 2. The molecule has 0 aliphatic rings. The molecule has 0 radical (unpaired) electrons. The molecule has 2 unspecified atom stereocenters. The number of rotatable bonds is 39. The highest BCUT2D eigenvalue weighted by molar-refractivity contribution is 5.76. The summed E-state index contributed by atoms with van der Waals surface area (Å²) >= 11 is 0. The van der Waals surface area contributed by atoms with E-state index in [9.17, 15) is 15.0 Å². The Hall–Kier alpha value is -1.13. The zero-order valence-corrected chi connectivity index (χ0v) is 32.5. The lowest BCUT2D eigenvalue weighted by molar-refractivity contribution is -0.123. The monoisotopic (exact) mass is 676 g/mol. The van der Waals surface area contributed by atoms with E-state index in [1.165, 1.54) is 180 Å². The molecule has 284 valence electrons. The Kier molecular flexibility index (Phi) is 39.4. The summed E-state index contributed by atoms with van der Waals surface area (Å²) in [6, 6.07) is -0.633. The maximum Gasteiger partial charge on any atom is 0.220 e. The van der Waals surface area contributed by atoms with Crippen molar-refractivity contribution >= 4 is 5.91 Å². The van der Waals surface area contributed by atoms with Crippen LogP contribution in [-0.4, -0.2) is 34.9 Å². The fraction of sp³-hybridized carbons (Fsp3) is 0.886. The Morgan fingerprint density at radius 3 is 1.21 bits per heavy atom. The van der Waals surface area contributed by atoms with Crippen LogP contribution in [-0.2, 0) is 4.79 Å². The van der Waals surface area contributed by atoms with Gasteiger partial charge in [-0.05, 0) is 32.1 Å². The quantitative estimate of drug-likeness (QED) is 0.0448. The van der Waals surface area contributed by atoms with Crippen molar-refractivity contribution in [2.45, 2.75) is 244 Å².